The Balaban J connectivity index is 1.39. The first-order chi connectivity index (χ1) is 15.2. The number of piperidine rings is 1. The molecule has 0 aromatic heterocycles. The van der Waals surface area contributed by atoms with E-state index in [9.17, 15) is 4.79 Å². The molecule has 2 heterocycles. The smallest absolute Gasteiger partial charge is 0.234 e. The van der Waals surface area contributed by atoms with E-state index in [0.717, 1.165) is 48.4 Å². The zero-order valence-electron chi connectivity index (χ0n) is 17.7. The van der Waals surface area contributed by atoms with Crippen LogP contribution < -0.4 is 10.5 Å². The van der Waals surface area contributed by atoms with Gasteiger partial charge in [0.1, 0.15) is 5.75 Å². The van der Waals surface area contributed by atoms with Crippen LogP contribution in [0.15, 0.2) is 78.9 Å². The molecule has 2 N–H and O–H groups in total. The molecule has 5 rings (SSSR count). The number of likely N-dealkylation sites (tertiary alicyclic amines) is 1. The minimum atomic E-state index is -0.271. The van der Waals surface area contributed by atoms with Gasteiger partial charge in [0, 0.05) is 30.6 Å². The first-order valence-corrected chi connectivity index (χ1v) is 11.1. The standard InChI is InChI=1S/C27H28N2O2/c28-18-20-11-12-24-23(17-20)27(19-31-24)13-15-29(16-14-27)26(30)25(21-7-3-1-4-8-21)22-9-5-2-6-10-22/h1-12,17,25H,13-16,18-19,28H2. The fraction of sp³-hybridized carbons (Fsp3) is 0.296. The highest BCUT2D eigenvalue weighted by Crippen LogP contribution is 2.46. The summed E-state index contributed by atoms with van der Waals surface area (Å²) in [6, 6.07) is 26.5. The number of carbonyl (C=O) groups excluding carboxylic acids is 1. The lowest BCUT2D eigenvalue weighted by Gasteiger charge is -2.40. The van der Waals surface area contributed by atoms with Crippen LogP contribution >= 0.6 is 0 Å². The highest BCUT2D eigenvalue weighted by molar-refractivity contribution is 5.87. The number of rotatable bonds is 4. The van der Waals surface area contributed by atoms with Gasteiger partial charge in [0.15, 0.2) is 0 Å². The molecule has 1 saturated heterocycles. The third kappa shape index (κ3) is 3.61. The van der Waals surface area contributed by atoms with Gasteiger partial charge in [-0.2, -0.15) is 0 Å². The fourth-order valence-electron chi connectivity index (χ4n) is 5.06. The third-order valence-corrected chi connectivity index (χ3v) is 6.90. The molecule has 0 atom stereocenters. The Labute approximate surface area is 183 Å². The molecule has 3 aromatic rings. The second kappa shape index (κ2) is 8.20. The largest absolute Gasteiger partial charge is 0.492 e. The summed E-state index contributed by atoms with van der Waals surface area (Å²) in [7, 11) is 0. The van der Waals surface area contributed by atoms with Crippen molar-refractivity contribution in [1.82, 2.24) is 4.90 Å². The summed E-state index contributed by atoms with van der Waals surface area (Å²) in [5.74, 6) is 0.887. The Morgan fingerprint density at radius 2 is 1.55 bits per heavy atom. The predicted molar refractivity (Wildman–Crippen MR) is 122 cm³/mol. The van der Waals surface area contributed by atoms with E-state index in [0.29, 0.717) is 13.2 Å². The van der Waals surface area contributed by atoms with Crippen molar-refractivity contribution >= 4 is 5.91 Å². The Morgan fingerprint density at radius 3 is 2.13 bits per heavy atom. The molecule has 158 valence electrons. The number of hydrogen-bond acceptors (Lipinski definition) is 3. The molecule has 4 heteroatoms. The third-order valence-electron chi connectivity index (χ3n) is 6.90. The van der Waals surface area contributed by atoms with Crippen molar-refractivity contribution in [1.29, 1.82) is 0 Å². The summed E-state index contributed by atoms with van der Waals surface area (Å²) in [4.78, 5) is 15.8. The zero-order chi connectivity index (χ0) is 21.3. The Hall–Kier alpha value is -3.11. The highest BCUT2D eigenvalue weighted by Gasteiger charge is 2.44. The van der Waals surface area contributed by atoms with Gasteiger partial charge < -0.3 is 15.4 Å². The van der Waals surface area contributed by atoms with Crippen molar-refractivity contribution < 1.29 is 9.53 Å². The van der Waals surface area contributed by atoms with Crippen molar-refractivity contribution in [3.8, 4) is 5.75 Å². The maximum Gasteiger partial charge on any atom is 0.234 e. The van der Waals surface area contributed by atoms with E-state index in [1.807, 2.05) is 53.4 Å². The number of hydrogen-bond donors (Lipinski definition) is 1. The molecule has 4 nitrogen and oxygen atoms in total. The molecule has 31 heavy (non-hydrogen) atoms. The van der Waals surface area contributed by atoms with Crippen molar-refractivity contribution in [3.05, 3.63) is 101 Å². The molecule has 3 aromatic carbocycles. The molecule has 1 amide bonds. The SMILES string of the molecule is NCc1ccc2c(c1)C1(CCN(C(=O)C(c3ccccc3)c3ccccc3)CC1)CO2. The van der Waals surface area contributed by atoms with Gasteiger partial charge in [0.05, 0.1) is 12.5 Å². The Morgan fingerprint density at radius 1 is 0.935 bits per heavy atom. The van der Waals surface area contributed by atoms with Gasteiger partial charge in [-0.25, -0.2) is 0 Å². The number of carbonyl (C=O) groups is 1. The van der Waals surface area contributed by atoms with Crippen molar-refractivity contribution in [2.45, 2.75) is 30.7 Å². The van der Waals surface area contributed by atoms with Crippen LogP contribution in [0.2, 0.25) is 0 Å². The van der Waals surface area contributed by atoms with E-state index >= 15 is 0 Å². The van der Waals surface area contributed by atoms with E-state index in [1.165, 1.54) is 5.56 Å². The first-order valence-electron chi connectivity index (χ1n) is 11.1. The van der Waals surface area contributed by atoms with Crippen LogP contribution in [0.1, 0.15) is 41.0 Å². The molecular weight excluding hydrogens is 384 g/mol. The van der Waals surface area contributed by atoms with E-state index in [-0.39, 0.29) is 17.2 Å². The molecule has 0 bridgehead atoms. The lowest BCUT2D eigenvalue weighted by Crippen LogP contribution is -2.47. The number of amides is 1. The molecule has 0 aliphatic carbocycles. The summed E-state index contributed by atoms with van der Waals surface area (Å²) in [5.41, 5.74) is 10.4. The highest BCUT2D eigenvalue weighted by atomic mass is 16.5. The minimum absolute atomic E-state index is 0.00765. The van der Waals surface area contributed by atoms with E-state index < -0.39 is 0 Å². The molecule has 0 unspecified atom stereocenters. The van der Waals surface area contributed by atoms with Crippen LogP contribution in [0.4, 0.5) is 0 Å². The maximum atomic E-state index is 13.7. The van der Waals surface area contributed by atoms with Gasteiger partial charge in [-0.3, -0.25) is 4.79 Å². The van der Waals surface area contributed by atoms with Crippen LogP contribution in [0, 0.1) is 0 Å². The minimum Gasteiger partial charge on any atom is -0.492 e. The Kier molecular flexibility index (Phi) is 5.24. The number of benzene rings is 3. The van der Waals surface area contributed by atoms with Crippen LogP contribution in [-0.4, -0.2) is 30.5 Å². The number of nitrogens with zero attached hydrogens (tertiary/aromatic N) is 1. The number of fused-ring (bicyclic) bond motifs is 2. The predicted octanol–water partition coefficient (Wildman–Crippen LogP) is 4.23. The maximum absolute atomic E-state index is 13.7. The van der Waals surface area contributed by atoms with E-state index in [4.69, 9.17) is 10.5 Å². The van der Waals surface area contributed by atoms with Crippen LogP contribution in [-0.2, 0) is 16.8 Å². The van der Waals surface area contributed by atoms with E-state index in [2.05, 4.69) is 30.3 Å². The van der Waals surface area contributed by atoms with Gasteiger partial charge in [-0.15, -0.1) is 0 Å². The van der Waals surface area contributed by atoms with Gasteiger partial charge in [0.25, 0.3) is 0 Å². The summed E-state index contributed by atoms with van der Waals surface area (Å²) < 4.78 is 6.03. The molecule has 1 fully saturated rings. The summed E-state index contributed by atoms with van der Waals surface area (Å²) in [6.45, 7) is 2.71. The lowest BCUT2D eigenvalue weighted by atomic mass is 9.73. The van der Waals surface area contributed by atoms with Crippen LogP contribution in [0.3, 0.4) is 0 Å². The monoisotopic (exact) mass is 412 g/mol. The first kappa shape index (κ1) is 19.8. The van der Waals surface area contributed by atoms with E-state index in [1.54, 1.807) is 0 Å². The summed E-state index contributed by atoms with van der Waals surface area (Å²) >= 11 is 0. The molecule has 0 radical (unpaired) electrons. The fourth-order valence-corrected chi connectivity index (χ4v) is 5.06. The number of ether oxygens (including phenoxy) is 1. The molecule has 2 aliphatic heterocycles. The van der Waals surface area contributed by atoms with Gasteiger partial charge in [0.2, 0.25) is 5.91 Å². The van der Waals surface area contributed by atoms with Crippen LogP contribution in [0.25, 0.3) is 0 Å². The zero-order valence-corrected chi connectivity index (χ0v) is 17.7. The van der Waals surface area contributed by atoms with Gasteiger partial charge in [-0.05, 0) is 35.6 Å². The second-order valence-corrected chi connectivity index (χ2v) is 8.68. The number of nitrogens with two attached hydrogens (primary N) is 1. The van der Waals surface area contributed by atoms with Gasteiger partial charge >= 0.3 is 0 Å². The molecule has 1 spiro atoms. The lowest BCUT2D eigenvalue weighted by molar-refractivity contribution is -0.133. The average molecular weight is 413 g/mol. The van der Waals surface area contributed by atoms with Crippen LogP contribution in [0.5, 0.6) is 5.75 Å². The summed E-state index contributed by atoms with van der Waals surface area (Å²) in [6.07, 6.45) is 1.83. The topological polar surface area (TPSA) is 55.6 Å². The Bertz CT molecular complexity index is 1020. The van der Waals surface area contributed by atoms with Crippen molar-refractivity contribution in [3.63, 3.8) is 0 Å². The molecule has 2 aliphatic rings. The quantitative estimate of drug-likeness (QED) is 0.698. The normalized spacial score (nSPS) is 16.9. The second-order valence-electron chi connectivity index (χ2n) is 8.68. The van der Waals surface area contributed by atoms with Gasteiger partial charge in [-0.1, -0.05) is 72.8 Å². The molecular formula is C27H28N2O2. The van der Waals surface area contributed by atoms with Crippen molar-refractivity contribution in [2.24, 2.45) is 5.73 Å². The van der Waals surface area contributed by atoms with Crippen molar-refractivity contribution in [2.75, 3.05) is 19.7 Å². The average Bonchev–Trinajstić information content (AvgIpc) is 3.18. The molecule has 0 saturated carbocycles. The summed E-state index contributed by atoms with van der Waals surface area (Å²) in [5, 5.41) is 0.